The molecule has 1 saturated heterocycles. The van der Waals surface area contributed by atoms with Gasteiger partial charge < -0.3 is 9.64 Å². The van der Waals surface area contributed by atoms with E-state index in [4.69, 9.17) is 4.74 Å². The van der Waals surface area contributed by atoms with E-state index < -0.39 is 0 Å². The third kappa shape index (κ3) is 1.54. The van der Waals surface area contributed by atoms with E-state index in [0.717, 1.165) is 32.4 Å². The first-order valence-electron chi connectivity index (χ1n) is 4.82. The number of hydrogen-bond acceptors (Lipinski definition) is 2. The van der Waals surface area contributed by atoms with Crippen molar-refractivity contribution in [3.8, 4) is 0 Å². The van der Waals surface area contributed by atoms with Crippen molar-refractivity contribution < 1.29 is 9.53 Å². The van der Waals surface area contributed by atoms with Crippen LogP contribution >= 0.6 is 0 Å². The molecule has 3 heteroatoms. The second-order valence-corrected chi connectivity index (χ2v) is 3.63. The second kappa shape index (κ2) is 3.33. The van der Waals surface area contributed by atoms with Crippen molar-refractivity contribution in [2.24, 2.45) is 0 Å². The van der Waals surface area contributed by atoms with Gasteiger partial charge in [0.25, 0.3) is 0 Å². The molecule has 1 heterocycles. The maximum Gasteiger partial charge on any atom is 0.410 e. The van der Waals surface area contributed by atoms with Gasteiger partial charge in [0.05, 0.1) is 0 Å². The Labute approximate surface area is 72.7 Å². The lowest BCUT2D eigenvalue weighted by atomic mass is 10.2. The average molecular weight is 169 g/mol. The van der Waals surface area contributed by atoms with Gasteiger partial charge in [0.1, 0.15) is 6.10 Å². The van der Waals surface area contributed by atoms with Crippen LogP contribution in [0.4, 0.5) is 4.79 Å². The molecule has 0 unspecified atom stereocenters. The predicted octanol–water partition coefficient (Wildman–Crippen LogP) is 1.77. The van der Waals surface area contributed by atoms with Gasteiger partial charge in [-0.2, -0.15) is 0 Å². The van der Waals surface area contributed by atoms with Gasteiger partial charge in [0, 0.05) is 13.1 Å². The molecule has 0 aromatic rings. The van der Waals surface area contributed by atoms with Crippen LogP contribution < -0.4 is 0 Å². The Hall–Kier alpha value is -0.730. The number of nitrogens with zero attached hydrogens (tertiary/aromatic N) is 1. The molecule has 0 radical (unpaired) electrons. The van der Waals surface area contributed by atoms with Gasteiger partial charge in [-0.1, -0.05) is 0 Å². The molecule has 1 amide bonds. The first-order chi connectivity index (χ1) is 5.86. The van der Waals surface area contributed by atoms with E-state index in [-0.39, 0.29) is 12.2 Å². The van der Waals surface area contributed by atoms with Crippen LogP contribution in [0.15, 0.2) is 0 Å². The molecule has 1 aliphatic heterocycles. The van der Waals surface area contributed by atoms with Gasteiger partial charge in [-0.15, -0.1) is 0 Å². The minimum absolute atomic E-state index is 0.0897. The fourth-order valence-corrected chi connectivity index (χ4v) is 1.72. The molecular weight excluding hydrogens is 154 g/mol. The van der Waals surface area contributed by atoms with E-state index in [9.17, 15) is 4.79 Å². The summed E-state index contributed by atoms with van der Waals surface area (Å²) in [5, 5.41) is 0. The normalized spacial score (nSPS) is 23.8. The number of hydrogen-bond donors (Lipinski definition) is 0. The molecule has 2 rings (SSSR count). The summed E-state index contributed by atoms with van der Waals surface area (Å²) in [6.45, 7) is 1.79. The topological polar surface area (TPSA) is 29.5 Å². The molecule has 3 nitrogen and oxygen atoms in total. The first-order valence-corrected chi connectivity index (χ1v) is 4.82. The largest absolute Gasteiger partial charge is 0.446 e. The van der Waals surface area contributed by atoms with Gasteiger partial charge in [-0.25, -0.2) is 4.79 Å². The molecule has 0 atom stereocenters. The number of carbonyl (C=O) groups excluding carboxylic acids is 1. The zero-order valence-corrected chi connectivity index (χ0v) is 7.29. The molecule has 12 heavy (non-hydrogen) atoms. The maximum atomic E-state index is 11.3. The summed E-state index contributed by atoms with van der Waals surface area (Å²) < 4.78 is 5.30. The van der Waals surface area contributed by atoms with Crippen LogP contribution in [0.2, 0.25) is 0 Å². The monoisotopic (exact) mass is 169 g/mol. The second-order valence-electron chi connectivity index (χ2n) is 3.63. The Kier molecular flexibility index (Phi) is 2.19. The SMILES string of the molecule is O=C(OC1CCCC1)N1CCC1. The fraction of sp³-hybridized carbons (Fsp3) is 0.889. The van der Waals surface area contributed by atoms with Crippen LogP contribution in [0.25, 0.3) is 0 Å². The Morgan fingerprint density at radius 2 is 1.83 bits per heavy atom. The Morgan fingerprint density at radius 3 is 2.33 bits per heavy atom. The molecule has 2 fully saturated rings. The molecular formula is C9H15NO2. The van der Waals surface area contributed by atoms with Crippen LogP contribution in [0.3, 0.4) is 0 Å². The zero-order valence-electron chi connectivity index (χ0n) is 7.29. The third-order valence-corrected chi connectivity index (χ3v) is 2.68. The standard InChI is InChI=1S/C9H15NO2/c11-9(10-6-3-7-10)12-8-4-1-2-5-8/h8H,1-7H2. The van der Waals surface area contributed by atoms with Crippen LogP contribution in [0.1, 0.15) is 32.1 Å². The summed E-state index contributed by atoms with van der Waals surface area (Å²) in [5.41, 5.74) is 0. The van der Waals surface area contributed by atoms with Crippen LogP contribution in [-0.4, -0.2) is 30.2 Å². The van der Waals surface area contributed by atoms with Crippen LogP contribution in [0.5, 0.6) is 0 Å². The van der Waals surface area contributed by atoms with Gasteiger partial charge >= 0.3 is 6.09 Å². The number of amides is 1. The van der Waals surface area contributed by atoms with Crippen molar-refractivity contribution in [3.05, 3.63) is 0 Å². The number of ether oxygens (including phenoxy) is 1. The lowest BCUT2D eigenvalue weighted by molar-refractivity contribution is 0.0490. The lowest BCUT2D eigenvalue weighted by Crippen LogP contribution is -2.43. The van der Waals surface area contributed by atoms with Crippen molar-refractivity contribution >= 4 is 6.09 Å². The van der Waals surface area contributed by atoms with E-state index in [1.165, 1.54) is 12.8 Å². The summed E-state index contributed by atoms with van der Waals surface area (Å²) in [5.74, 6) is 0. The van der Waals surface area contributed by atoms with E-state index in [2.05, 4.69) is 0 Å². The quantitative estimate of drug-likeness (QED) is 0.598. The maximum absolute atomic E-state index is 11.3. The van der Waals surface area contributed by atoms with E-state index >= 15 is 0 Å². The van der Waals surface area contributed by atoms with Crippen molar-refractivity contribution in [3.63, 3.8) is 0 Å². The highest BCUT2D eigenvalue weighted by Gasteiger charge is 2.25. The molecule has 0 spiro atoms. The molecule has 0 bridgehead atoms. The van der Waals surface area contributed by atoms with Gasteiger partial charge in [0.15, 0.2) is 0 Å². The Balaban J connectivity index is 1.73. The predicted molar refractivity (Wildman–Crippen MR) is 44.9 cm³/mol. The minimum atomic E-state index is -0.0897. The lowest BCUT2D eigenvalue weighted by Gasteiger charge is -2.30. The molecule has 2 aliphatic rings. The molecule has 0 N–H and O–H groups in total. The highest BCUT2D eigenvalue weighted by Crippen LogP contribution is 2.22. The molecule has 68 valence electrons. The molecule has 0 aromatic heterocycles. The summed E-state index contributed by atoms with van der Waals surface area (Å²) in [6.07, 6.45) is 5.85. The van der Waals surface area contributed by atoms with Crippen molar-refractivity contribution in [1.29, 1.82) is 0 Å². The van der Waals surface area contributed by atoms with Gasteiger partial charge in [-0.3, -0.25) is 0 Å². The Bertz CT molecular complexity index is 171. The van der Waals surface area contributed by atoms with Crippen molar-refractivity contribution in [1.82, 2.24) is 4.90 Å². The zero-order chi connectivity index (χ0) is 8.39. The van der Waals surface area contributed by atoms with E-state index in [1.54, 1.807) is 4.90 Å². The third-order valence-electron chi connectivity index (χ3n) is 2.68. The van der Waals surface area contributed by atoms with Crippen molar-refractivity contribution in [2.45, 2.75) is 38.2 Å². The van der Waals surface area contributed by atoms with Crippen molar-refractivity contribution in [2.75, 3.05) is 13.1 Å². The summed E-state index contributed by atoms with van der Waals surface area (Å²) >= 11 is 0. The fourth-order valence-electron chi connectivity index (χ4n) is 1.72. The highest BCUT2D eigenvalue weighted by molar-refractivity contribution is 5.68. The summed E-state index contributed by atoms with van der Waals surface area (Å²) in [6, 6.07) is 0. The van der Waals surface area contributed by atoms with E-state index in [0.29, 0.717) is 0 Å². The summed E-state index contributed by atoms with van der Waals surface area (Å²) in [4.78, 5) is 13.1. The molecule has 1 aliphatic carbocycles. The van der Waals surface area contributed by atoms with Crippen LogP contribution in [0, 0.1) is 0 Å². The van der Waals surface area contributed by atoms with Crippen LogP contribution in [-0.2, 0) is 4.74 Å². The molecule has 0 aromatic carbocycles. The van der Waals surface area contributed by atoms with Gasteiger partial charge in [-0.05, 0) is 32.1 Å². The van der Waals surface area contributed by atoms with E-state index in [1.807, 2.05) is 0 Å². The average Bonchev–Trinajstić information content (AvgIpc) is 2.34. The highest BCUT2D eigenvalue weighted by atomic mass is 16.6. The summed E-state index contributed by atoms with van der Waals surface area (Å²) in [7, 11) is 0. The minimum Gasteiger partial charge on any atom is -0.446 e. The number of carbonyl (C=O) groups is 1. The molecule has 1 saturated carbocycles. The first kappa shape index (κ1) is 7.90. The number of rotatable bonds is 1. The smallest absolute Gasteiger partial charge is 0.410 e. The Morgan fingerprint density at radius 1 is 1.17 bits per heavy atom. The number of likely N-dealkylation sites (tertiary alicyclic amines) is 1. The van der Waals surface area contributed by atoms with Gasteiger partial charge in [0.2, 0.25) is 0 Å².